The van der Waals surface area contributed by atoms with E-state index >= 15 is 0 Å². The van der Waals surface area contributed by atoms with Gasteiger partial charge in [0, 0.05) is 49.1 Å². The average Bonchev–Trinajstić information content (AvgIpc) is 3.26. The number of halogens is 1. The Hall–Kier alpha value is -0.910. The fourth-order valence-electron chi connectivity index (χ4n) is 3.87. The summed E-state index contributed by atoms with van der Waals surface area (Å²) in [6.45, 7) is 8.04. The Morgan fingerprint density at radius 2 is 2.03 bits per heavy atom. The lowest BCUT2D eigenvalue weighted by Gasteiger charge is -2.43. The lowest BCUT2D eigenvalue weighted by Crippen LogP contribution is -2.60. The van der Waals surface area contributed by atoms with Crippen molar-refractivity contribution in [3.05, 3.63) is 23.8 Å². The molecule has 0 spiro atoms. The van der Waals surface area contributed by atoms with Crippen molar-refractivity contribution in [1.82, 2.24) is 15.5 Å². The third-order valence-electron chi connectivity index (χ3n) is 5.60. The maximum atomic E-state index is 5.57. The molecule has 0 aromatic heterocycles. The minimum Gasteiger partial charge on any atom is -0.497 e. The number of guanidine groups is 1. The van der Waals surface area contributed by atoms with Gasteiger partial charge in [0.15, 0.2) is 5.96 Å². The largest absolute Gasteiger partial charge is 0.497 e. The molecule has 7 nitrogen and oxygen atoms in total. The Bertz CT molecular complexity index is 680. The number of methoxy groups -OCH3 is 2. The minimum absolute atomic E-state index is 0. The maximum Gasteiger partial charge on any atom is 0.191 e. The molecule has 0 saturated carbocycles. The first-order valence-electron chi connectivity index (χ1n) is 10.3. The SMILES string of the molecule is CCNC(=NCc1ccc(OC)cc1OC)NCC1(N2CCOCC2)CCSC1.I. The standard InChI is InChI=1S/C21H34N4O3S.HI/c1-4-22-20(23-14-17-5-6-18(26-2)13-19(17)27-3)24-15-21(7-12-29-16-21)25-8-10-28-11-9-25;/h5-6,13H,4,7-12,14-16H2,1-3H3,(H2,22,23,24);1H. The van der Waals surface area contributed by atoms with Gasteiger partial charge in [-0.2, -0.15) is 11.8 Å². The highest BCUT2D eigenvalue weighted by Crippen LogP contribution is 2.33. The molecule has 1 aromatic rings. The van der Waals surface area contributed by atoms with Crippen LogP contribution in [0.5, 0.6) is 11.5 Å². The van der Waals surface area contributed by atoms with Crippen molar-refractivity contribution in [3.8, 4) is 11.5 Å². The van der Waals surface area contributed by atoms with E-state index in [1.165, 1.54) is 12.2 Å². The summed E-state index contributed by atoms with van der Waals surface area (Å²) < 4.78 is 16.4. The first-order valence-corrected chi connectivity index (χ1v) is 11.5. The summed E-state index contributed by atoms with van der Waals surface area (Å²) >= 11 is 2.05. The quantitative estimate of drug-likeness (QED) is 0.293. The normalized spacial score (nSPS) is 22.3. The molecule has 30 heavy (non-hydrogen) atoms. The van der Waals surface area contributed by atoms with E-state index in [1.54, 1.807) is 14.2 Å². The summed E-state index contributed by atoms with van der Waals surface area (Å²) in [5, 5.41) is 6.99. The van der Waals surface area contributed by atoms with Gasteiger partial charge in [-0.15, -0.1) is 24.0 Å². The number of thioether (sulfide) groups is 1. The van der Waals surface area contributed by atoms with E-state index in [0.29, 0.717) is 6.54 Å². The number of rotatable bonds is 8. The molecule has 170 valence electrons. The average molecular weight is 551 g/mol. The molecular weight excluding hydrogens is 515 g/mol. The van der Waals surface area contributed by atoms with Gasteiger partial charge in [0.25, 0.3) is 0 Å². The van der Waals surface area contributed by atoms with Gasteiger partial charge < -0.3 is 24.8 Å². The first-order chi connectivity index (χ1) is 14.2. The number of hydrogen-bond acceptors (Lipinski definition) is 6. The van der Waals surface area contributed by atoms with Crippen molar-refractivity contribution < 1.29 is 14.2 Å². The van der Waals surface area contributed by atoms with Crippen LogP contribution in [-0.4, -0.2) is 81.5 Å². The fraction of sp³-hybridized carbons (Fsp3) is 0.667. The van der Waals surface area contributed by atoms with Crippen LogP contribution in [0, 0.1) is 0 Å². The van der Waals surface area contributed by atoms with Gasteiger partial charge in [-0.1, -0.05) is 0 Å². The minimum atomic E-state index is 0. The highest BCUT2D eigenvalue weighted by atomic mass is 127. The van der Waals surface area contributed by atoms with Crippen LogP contribution in [0.25, 0.3) is 0 Å². The van der Waals surface area contributed by atoms with Gasteiger partial charge in [0.2, 0.25) is 0 Å². The molecule has 2 fully saturated rings. The Morgan fingerprint density at radius 3 is 2.67 bits per heavy atom. The molecule has 2 aliphatic heterocycles. The van der Waals surface area contributed by atoms with Crippen molar-refractivity contribution in [2.75, 3.05) is 65.1 Å². The van der Waals surface area contributed by atoms with Crippen LogP contribution in [0.2, 0.25) is 0 Å². The van der Waals surface area contributed by atoms with Gasteiger partial charge in [-0.3, -0.25) is 4.90 Å². The summed E-state index contributed by atoms with van der Waals surface area (Å²) in [5.41, 5.74) is 1.22. The van der Waals surface area contributed by atoms with Gasteiger partial charge in [0.1, 0.15) is 11.5 Å². The van der Waals surface area contributed by atoms with Crippen LogP contribution in [0.4, 0.5) is 0 Å². The molecule has 1 atom stereocenters. The zero-order valence-electron chi connectivity index (χ0n) is 18.2. The Labute approximate surface area is 201 Å². The number of benzene rings is 1. The second kappa shape index (κ2) is 12.8. The van der Waals surface area contributed by atoms with Crippen LogP contribution < -0.4 is 20.1 Å². The molecule has 2 aliphatic rings. The number of nitrogens with one attached hydrogen (secondary N) is 2. The lowest BCUT2D eigenvalue weighted by atomic mass is 9.95. The van der Waals surface area contributed by atoms with Crippen molar-refractivity contribution >= 4 is 41.7 Å². The molecule has 1 unspecified atom stereocenters. The van der Waals surface area contributed by atoms with E-state index in [0.717, 1.165) is 68.2 Å². The number of aliphatic imine (C=N–C) groups is 1. The molecule has 1 aromatic carbocycles. The fourth-order valence-corrected chi connectivity index (χ4v) is 5.35. The Morgan fingerprint density at radius 1 is 1.23 bits per heavy atom. The number of ether oxygens (including phenoxy) is 3. The van der Waals surface area contributed by atoms with E-state index < -0.39 is 0 Å². The van der Waals surface area contributed by atoms with Crippen molar-refractivity contribution in [3.63, 3.8) is 0 Å². The zero-order valence-corrected chi connectivity index (χ0v) is 21.4. The number of morpholine rings is 1. The van der Waals surface area contributed by atoms with Gasteiger partial charge in [0.05, 0.1) is 34.0 Å². The summed E-state index contributed by atoms with van der Waals surface area (Å²) in [6.07, 6.45) is 1.20. The number of nitrogens with zero attached hydrogens (tertiary/aromatic N) is 2. The highest BCUT2D eigenvalue weighted by Gasteiger charge is 2.40. The first kappa shape index (κ1) is 25.4. The second-order valence-corrected chi connectivity index (χ2v) is 8.46. The highest BCUT2D eigenvalue weighted by molar-refractivity contribution is 14.0. The third kappa shape index (κ3) is 6.54. The molecule has 0 radical (unpaired) electrons. The van der Waals surface area contributed by atoms with Crippen LogP contribution in [-0.2, 0) is 11.3 Å². The summed E-state index contributed by atoms with van der Waals surface area (Å²) in [6, 6.07) is 5.85. The summed E-state index contributed by atoms with van der Waals surface area (Å²) in [7, 11) is 3.33. The van der Waals surface area contributed by atoms with Crippen LogP contribution in [0.1, 0.15) is 18.9 Å². The van der Waals surface area contributed by atoms with Crippen LogP contribution >= 0.6 is 35.7 Å². The third-order valence-corrected chi connectivity index (χ3v) is 6.83. The summed E-state index contributed by atoms with van der Waals surface area (Å²) in [5.74, 6) is 4.79. The molecular formula is C21H35IN4O3S. The van der Waals surface area contributed by atoms with E-state index in [-0.39, 0.29) is 29.5 Å². The van der Waals surface area contributed by atoms with Gasteiger partial charge in [-0.25, -0.2) is 4.99 Å². The molecule has 0 aliphatic carbocycles. The smallest absolute Gasteiger partial charge is 0.191 e. The molecule has 0 bridgehead atoms. The van der Waals surface area contributed by atoms with E-state index in [1.807, 2.05) is 30.0 Å². The predicted octanol–water partition coefficient (Wildman–Crippen LogP) is 2.58. The summed E-state index contributed by atoms with van der Waals surface area (Å²) in [4.78, 5) is 7.42. The Kier molecular flexibility index (Phi) is 10.8. The maximum absolute atomic E-state index is 5.57. The van der Waals surface area contributed by atoms with Crippen LogP contribution in [0.3, 0.4) is 0 Å². The monoisotopic (exact) mass is 550 g/mol. The molecule has 2 saturated heterocycles. The molecule has 3 rings (SSSR count). The molecule has 0 amide bonds. The van der Waals surface area contributed by atoms with E-state index in [2.05, 4.69) is 22.5 Å². The van der Waals surface area contributed by atoms with E-state index in [4.69, 9.17) is 19.2 Å². The number of hydrogen-bond donors (Lipinski definition) is 2. The van der Waals surface area contributed by atoms with Crippen molar-refractivity contribution in [2.24, 2.45) is 4.99 Å². The molecule has 9 heteroatoms. The predicted molar refractivity (Wildman–Crippen MR) is 135 cm³/mol. The van der Waals surface area contributed by atoms with Gasteiger partial charge in [-0.05, 0) is 31.2 Å². The molecule has 2 N–H and O–H groups in total. The zero-order chi connectivity index (χ0) is 20.5. The second-order valence-electron chi connectivity index (χ2n) is 7.35. The van der Waals surface area contributed by atoms with Gasteiger partial charge >= 0.3 is 0 Å². The topological polar surface area (TPSA) is 67.4 Å². The van der Waals surface area contributed by atoms with Crippen molar-refractivity contribution in [2.45, 2.75) is 25.4 Å². The van der Waals surface area contributed by atoms with Crippen LogP contribution in [0.15, 0.2) is 23.2 Å². The Balaban J connectivity index is 0.00000320. The molecule has 2 heterocycles. The lowest BCUT2D eigenvalue weighted by molar-refractivity contribution is -0.0120. The van der Waals surface area contributed by atoms with E-state index in [9.17, 15) is 0 Å². The van der Waals surface area contributed by atoms with Crippen molar-refractivity contribution in [1.29, 1.82) is 0 Å².